The van der Waals surface area contributed by atoms with Crippen molar-refractivity contribution in [2.24, 2.45) is 0 Å². The SMILES string of the molecule is CCN(CC)c1nc2ccccc2c(=O)n1CCC(=O)NCc1ccc(C)c(C)c1. The zero-order chi connectivity index (χ0) is 21.7. The van der Waals surface area contributed by atoms with E-state index in [9.17, 15) is 9.59 Å². The van der Waals surface area contributed by atoms with Gasteiger partial charge in [0, 0.05) is 32.6 Å². The van der Waals surface area contributed by atoms with Crippen molar-refractivity contribution in [2.75, 3.05) is 18.0 Å². The first kappa shape index (κ1) is 21.6. The lowest BCUT2D eigenvalue weighted by molar-refractivity contribution is -0.121. The van der Waals surface area contributed by atoms with Crippen LogP contribution in [0, 0.1) is 13.8 Å². The number of carbonyl (C=O) groups is 1. The number of anilines is 1. The van der Waals surface area contributed by atoms with Crippen LogP contribution in [0.5, 0.6) is 0 Å². The molecule has 6 heteroatoms. The van der Waals surface area contributed by atoms with Gasteiger partial charge in [-0.15, -0.1) is 0 Å². The molecule has 0 unspecified atom stereocenters. The van der Waals surface area contributed by atoms with Gasteiger partial charge in [0.1, 0.15) is 0 Å². The first-order valence-electron chi connectivity index (χ1n) is 10.5. The van der Waals surface area contributed by atoms with Gasteiger partial charge in [-0.2, -0.15) is 0 Å². The number of carbonyl (C=O) groups excluding carboxylic acids is 1. The van der Waals surface area contributed by atoms with Crippen LogP contribution in [-0.4, -0.2) is 28.5 Å². The Morgan fingerprint density at radius 3 is 2.50 bits per heavy atom. The summed E-state index contributed by atoms with van der Waals surface area (Å²) in [5, 5.41) is 3.53. The molecule has 0 saturated carbocycles. The lowest BCUT2D eigenvalue weighted by Gasteiger charge is -2.24. The van der Waals surface area contributed by atoms with Crippen LogP contribution in [0.25, 0.3) is 10.9 Å². The smallest absolute Gasteiger partial charge is 0.262 e. The Bertz CT molecular complexity index is 1100. The molecule has 3 aromatic rings. The van der Waals surface area contributed by atoms with Gasteiger partial charge < -0.3 is 10.2 Å². The van der Waals surface area contributed by atoms with Gasteiger partial charge in [-0.3, -0.25) is 14.2 Å². The number of hydrogen-bond donors (Lipinski definition) is 1. The van der Waals surface area contributed by atoms with Gasteiger partial charge in [0.05, 0.1) is 10.9 Å². The van der Waals surface area contributed by atoms with E-state index in [0.29, 0.717) is 29.9 Å². The summed E-state index contributed by atoms with van der Waals surface area (Å²) < 4.78 is 1.63. The molecule has 1 heterocycles. The van der Waals surface area contributed by atoms with Gasteiger partial charge in [0.25, 0.3) is 5.56 Å². The maximum atomic E-state index is 13.1. The highest BCUT2D eigenvalue weighted by atomic mass is 16.2. The first-order chi connectivity index (χ1) is 14.4. The Hall–Kier alpha value is -3.15. The highest BCUT2D eigenvalue weighted by molar-refractivity contribution is 5.79. The van der Waals surface area contributed by atoms with Crippen LogP contribution in [-0.2, 0) is 17.9 Å². The fraction of sp³-hybridized carbons (Fsp3) is 0.375. The van der Waals surface area contributed by atoms with E-state index in [1.807, 2.05) is 43.0 Å². The second-order valence-corrected chi connectivity index (χ2v) is 7.50. The molecule has 0 aliphatic rings. The van der Waals surface area contributed by atoms with Gasteiger partial charge in [0.15, 0.2) is 0 Å². The standard InChI is InChI=1S/C24H30N4O2/c1-5-27(6-2)24-26-21-10-8-7-9-20(21)23(30)28(24)14-13-22(29)25-16-19-12-11-17(3)18(4)15-19/h7-12,15H,5-6,13-14,16H2,1-4H3,(H,25,29). The number of nitrogens with one attached hydrogen (secondary N) is 1. The Balaban J connectivity index is 1.77. The van der Waals surface area contributed by atoms with E-state index in [-0.39, 0.29) is 17.9 Å². The van der Waals surface area contributed by atoms with Crippen molar-refractivity contribution >= 4 is 22.8 Å². The molecular formula is C24H30N4O2. The summed E-state index contributed by atoms with van der Waals surface area (Å²) in [7, 11) is 0. The molecule has 158 valence electrons. The van der Waals surface area contributed by atoms with Crippen molar-refractivity contribution in [3.05, 3.63) is 69.5 Å². The van der Waals surface area contributed by atoms with Crippen LogP contribution in [0.4, 0.5) is 5.95 Å². The van der Waals surface area contributed by atoms with Gasteiger partial charge in [0.2, 0.25) is 11.9 Å². The molecule has 0 fully saturated rings. The van der Waals surface area contributed by atoms with E-state index in [1.54, 1.807) is 10.6 Å². The minimum Gasteiger partial charge on any atom is -0.352 e. The predicted octanol–water partition coefficient (Wildman–Crippen LogP) is 3.57. The maximum absolute atomic E-state index is 13.1. The van der Waals surface area contributed by atoms with E-state index in [2.05, 4.69) is 31.3 Å². The molecule has 0 aliphatic heterocycles. The van der Waals surface area contributed by atoms with Crippen LogP contribution >= 0.6 is 0 Å². The summed E-state index contributed by atoms with van der Waals surface area (Å²) in [4.78, 5) is 32.4. The first-order valence-corrected chi connectivity index (χ1v) is 10.5. The fourth-order valence-corrected chi connectivity index (χ4v) is 3.52. The monoisotopic (exact) mass is 406 g/mol. The summed E-state index contributed by atoms with van der Waals surface area (Å²) in [5.74, 6) is 0.532. The lowest BCUT2D eigenvalue weighted by Crippen LogP contribution is -2.34. The second-order valence-electron chi connectivity index (χ2n) is 7.50. The third-order valence-electron chi connectivity index (χ3n) is 5.51. The normalized spacial score (nSPS) is 10.9. The Labute approximate surface area is 177 Å². The van der Waals surface area contributed by atoms with Crippen LogP contribution in [0.2, 0.25) is 0 Å². The molecule has 2 aromatic carbocycles. The van der Waals surface area contributed by atoms with E-state index >= 15 is 0 Å². The largest absolute Gasteiger partial charge is 0.352 e. The number of benzene rings is 2. The molecule has 0 saturated heterocycles. The van der Waals surface area contributed by atoms with Crippen LogP contribution < -0.4 is 15.8 Å². The summed E-state index contributed by atoms with van der Waals surface area (Å²) in [6.45, 7) is 10.4. The van der Waals surface area contributed by atoms with E-state index in [1.165, 1.54) is 11.1 Å². The van der Waals surface area contributed by atoms with Crippen LogP contribution in [0.3, 0.4) is 0 Å². The van der Waals surface area contributed by atoms with E-state index in [0.717, 1.165) is 18.7 Å². The van der Waals surface area contributed by atoms with Gasteiger partial charge in [-0.05, 0) is 56.5 Å². The molecule has 30 heavy (non-hydrogen) atoms. The molecule has 3 rings (SSSR count). The summed E-state index contributed by atoms with van der Waals surface area (Å²) in [6, 6.07) is 13.5. The highest BCUT2D eigenvalue weighted by Gasteiger charge is 2.16. The van der Waals surface area contributed by atoms with Gasteiger partial charge >= 0.3 is 0 Å². The van der Waals surface area contributed by atoms with Crippen molar-refractivity contribution < 1.29 is 4.79 Å². The summed E-state index contributed by atoms with van der Waals surface area (Å²) in [5.41, 5.74) is 4.08. The lowest BCUT2D eigenvalue weighted by atomic mass is 10.1. The fourth-order valence-electron chi connectivity index (χ4n) is 3.52. The molecule has 0 radical (unpaired) electrons. The zero-order valence-corrected chi connectivity index (χ0v) is 18.2. The average molecular weight is 407 g/mol. The third kappa shape index (κ3) is 4.70. The van der Waals surface area contributed by atoms with Crippen molar-refractivity contribution in [1.82, 2.24) is 14.9 Å². The van der Waals surface area contributed by atoms with Crippen LogP contribution in [0.15, 0.2) is 47.3 Å². The second kappa shape index (κ2) is 9.57. The molecule has 6 nitrogen and oxygen atoms in total. The average Bonchev–Trinajstić information content (AvgIpc) is 2.75. The van der Waals surface area contributed by atoms with Crippen molar-refractivity contribution in [1.29, 1.82) is 0 Å². The molecular weight excluding hydrogens is 376 g/mol. The summed E-state index contributed by atoms with van der Waals surface area (Å²) >= 11 is 0. The Morgan fingerprint density at radius 1 is 1.07 bits per heavy atom. The van der Waals surface area contributed by atoms with E-state index in [4.69, 9.17) is 4.98 Å². The minimum atomic E-state index is -0.107. The topological polar surface area (TPSA) is 67.2 Å². The third-order valence-corrected chi connectivity index (χ3v) is 5.51. The van der Waals surface area contributed by atoms with Gasteiger partial charge in [-0.25, -0.2) is 4.98 Å². The number of para-hydroxylation sites is 1. The van der Waals surface area contributed by atoms with E-state index < -0.39 is 0 Å². The Kier molecular flexibility index (Phi) is 6.87. The zero-order valence-electron chi connectivity index (χ0n) is 18.2. The molecule has 0 spiro atoms. The molecule has 0 aliphatic carbocycles. The van der Waals surface area contributed by atoms with Crippen LogP contribution in [0.1, 0.15) is 37.0 Å². The number of fused-ring (bicyclic) bond motifs is 1. The molecule has 0 atom stereocenters. The predicted molar refractivity (Wildman–Crippen MR) is 122 cm³/mol. The van der Waals surface area contributed by atoms with Crippen molar-refractivity contribution in [2.45, 2.75) is 47.2 Å². The Morgan fingerprint density at radius 2 is 1.80 bits per heavy atom. The van der Waals surface area contributed by atoms with Crippen molar-refractivity contribution in [3.63, 3.8) is 0 Å². The molecule has 1 amide bonds. The van der Waals surface area contributed by atoms with Crippen molar-refractivity contribution in [3.8, 4) is 0 Å². The highest BCUT2D eigenvalue weighted by Crippen LogP contribution is 2.15. The summed E-state index contributed by atoms with van der Waals surface area (Å²) in [6.07, 6.45) is 0.221. The number of rotatable bonds is 8. The molecule has 1 aromatic heterocycles. The number of hydrogen-bond acceptors (Lipinski definition) is 4. The minimum absolute atomic E-state index is 0.0845. The number of amides is 1. The van der Waals surface area contributed by atoms with Gasteiger partial charge in [-0.1, -0.05) is 30.3 Å². The number of nitrogens with zero attached hydrogens (tertiary/aromatic N) is 3. The maximum Gasteiger partial charge on any atom is 0.262 e. The molecule has 1 N–H and O–H groups in total. The molecule has 0 bridgehead atoms. The number of aryl methyl sites for hydroxylation is 2. The number of aromatic nitrogens is 2. The quantitative estimate of drug-likeness (QED) is 0.621.